The molecular weight excluding hydrogens is 387 g/mol. The van der Waals surface area contributed by atoms with Gasteiger partial charge in [0.25, 0.3) is 5.91 Å². The van der Waals surface area contributed by atoms with Gasteiger partial charge in [-0.2, -0.15) is 0 Å². The molecule has 1 N–H and O–H groups in total. The highest BCUT2D eigenvalue weighted by Gasteiger charge is 2.35. The number of hydrogen-bond donors (Lipinski definition) is 1. The van der Waals surface area contributed by atoms with Gasteiger partial charge in [-0.15, -0.1) is 0 Å². The maximum atomic E-state index is 13.1. The summed E-state index contributed by atoms with van der Waals surface area (Å²) in [6.07, 6.45) is 6.79. The molecule has 154 valence electrons. The first-order valence-electron chi connectivity index (χ1n) is 10.6. The summed E-state index contributed by atoms with van der Waals surface area (Å²) in [5.41, 5.74) is 1.89. The Morgan fingerprint density at radius 3 is 2.38 bits per heavy atom. The van der Waals surface area contributed by atoms with E-state index >= 15 is 0 Å². The third-order valence-corrected chi connectivity index (χ3v) is 6.71. The predicted octanol–water partition coefficient (Wildman–Crippen LogP) is 5.08. The summed E-state index contributed by atoms with van der Waals surface area (Å²) in [5, 5.41) is 3.99. The molecule has 1 saturated heterocycles. The fraction of sp³-hybridized carbons (Fsp3) is 0.458. The van der Waals surface area contributed by atoms with E-state index in [-0.39, 0.29) is 17.8 Å². The Kier molecular flexibility index (Phi) is 6.51. The molecule has 2 aliphatic rings. The minimum absolute atomic E-state index is 0.0977. The van der Waals surface area contributed by atoms with Gasteiger partial charge in [0.2, 0.25) is 0 Å². The molecule has 0 unspecified atom stereocenters. The Morgan fingerprint density at radius 2 is 1.69 bits per heavy atom. The lowest BCUT2D eigenvalue weighted by Gasteiger charge is -2.38. The summed E-state index contributed by atoms with van der Waals surface area (Å²) < 4.78 is 13.1. The number of likely N-dealkylation sites (tertiary alicyclic amines) is 1. The number of piperidine rings is 1. The van der Waals surface area contributed by atoms with Crippen LogP contribution in [0.3, 0.4) is 0 Å². The van der Waals surface area contributed by atoms with Crippen molar-refractivity contribution in [1.29, 1.82) is 0 Å². The smallest absolute Gasteiger partial charge is 0.251 e. The molecule has 3 nitrogen and oxygen atoms in total. The van der Waals surface area contributed by atoms with Crippen LogP contribution in [0, 0.1) is 11.7 Å². The summed E-state index contributed by atoms with van der Waals surface area (Å²) in [7, 11) is 0. The van der Waals surface area contributed by atoms with E-state index in [4.69, 9.17) is 11.6 Å². The molecule has 0 aromatic heterocycles. The highest BCUT2D eigenvalue weighted by molar-refractivity contribution is 6.30. The van der Waals surface area contributed by atoms with Crippen LogP contribution in [-0.4, -0.2) is 36.0 Å². The van der Waals surface area contributed by atoms with Crippen molar-refractivity contribution in [3.05, 3.63) is 70.5 Å². The summed E-state index contributed by atoms with van der Waals surface area (Å²) in [6.45, 7) is 2.18. The molecule has 2 fully saturated rings. The van der Waals surface area contributed by atoms with Crippen LogP contribution in [0.25, 0.3) is 0 Å². The van der Waals surface area contributed by atoms with Crippen molar-refractivity contribution < 1.29 is 9.18 Å². The Balaban J connectivity index is 1.30. The number of amides is 1. The minimum Gasteiger partial charge on any atom is -0.348 e. The van der Waals surface area contributed by atoms with E-state index in [1.807, 2.05) is 12.1 Å². The van der Waals surface area contributed by atoms with Gasteiger partial charge < -0.3 is 5.32 Å². The molecule has 0 bridgehead atoms. The van der Waals surface area contributed by atoms with Gasteiger partial charge in [0.05, 0.1) is 0 Å². The number of benzene rings is 2. The normalized spacial score (nSPS) is 23.2. The first-order valence-corrected chi connectivity index (χ1v) is 11.0. The van der Waals surface area contributed by atoms with E-state index in [1.54, 1.807) is 12.1 Å². The van der Waals surface area contributed by atoms with Crippen LogP contribution in [0.4, 0.5) is 4.39 Å². The van der Waals surface area contributed by atoms with Gasteiger partial charge in [-0.25, -0.2) is 4.39 Å². The average molecular weight is 415 g/mol. The Labute approximate surface area is 177 Å². The molecule has 0 radical (unpaired) electrons. The van der Waals surface area contributed by atoms with Crippen LogP contribution in [0.1, 0.15) is 48.0 Å². The summed E-state index contributed by atoms with van der Waals surface area (Å²) in [5.74, 6) is 0.294. The van der Waals surface area contributed by atoms with Crippen LogP contribution in [0.5, 0.6) is 0 Å². The fourth-order valence-corrected chi connectivity index (χ4v) is 4.97. The van der Waals surface area contributed by atoms with Crippen molar-refractivity contribution >= 4 is 17.5 Å². The largest absolute Gasteiger partial charge is 0.348 e. The quantitative estimate of drug-likeness (QED) is 0.739. The second-order valence-electron chi connectivity index (χ2n) is 8.40. The predicted molar refractivity (Wildman–Crippen MR) is 115 cm³/mol. The lowest BCUT2D eigenvalue weighted by molar-refractivity contribution is 0.0862. The van der Waals surface area contributed by atoms with Crippen molar-refractivity contribution in [2.45, 2.75) is 50.6 Å². The van der Waals surface area contributed by atoms with E-state index < -0.39 is 0 Å². The van der Waals surface area contributed by atoms with Crippen LogP contribution in [0.2, 0.25) is 5.02 Å². The number of nitrogens with zero attached hydrogens (tertiary/aromatic N) is 1. The van der Waals surface area contributed by atoms with Crippen molar-refractivity contribution in [2.75, 3.05) is 13.1 Å². The number of carbonyl (C=O) groups excluding carboxylic acids is 1. The van der Waals surface area contributed by atoms with Gasteiger partial charge in [-0.1, -0.05) is 23.7 Å². The third kappa shape index (κ3) is 5.18. The Hall–Kier alpha value is -1.91. The molecule has 1 saturated carbocycles. The van der Waals surface area contributed by atoms with Gasteiger partial charge in [0.15, 0.2) is 0 Å². The van der Waals surface area contributed by atoms with E-state index in [2.05, 4.69) is 22.3 Å². The van der Waals surface area contributed by atoms with Crippen LogP contribution < -0.4 is 5.32 Å². The minimum atomic E-state index is -0.318. The second kappa shape index (κ2) is 9.27. The zero-order valence-electron chi connectivity index (χ0n) is 16.6. The zero-order chi connectivity index (χ0) is 20.2. The number of hydrogen-bond acceptors (Lipinski definition) is 2. The molecule has 29 heavy (non-hydrogen) atoms. The molecule has 1 amide bonds. The van der Waals surface area contributed by atoms with Gasteiger partial charge >= 0.3 is 0 Å². The topological polar surface area (TPSA) is 32.3 Å². The average Bonchev–Trinajstić information content (AvgIpc) is 3.19. The molecule has 1 heterocycles. The van der Waals surface area contributed by atoms with Crippen LogP contribution in [0.15, 0.2) is 48.5 Å². The third-order valence-electron chi connectivity index (χ3n) is 6.46. The SMILES string of the molecule is O=C(N[C@@H]1CCC[C@H]1N1CCC(Cc2ccc(Cl)cc2)CC1)c1ccc(F)cc1. The molecule has 2 aromatic carbocycles. The van der Waals surface area contributed by atoms with Crippen molar-refractivity contribution in [1.82, 2.24) is 10.2 Å². The maximum Gasteiger partial charge on any atom is 0.251 e. The Morgan fingerprint density at radius 1 is 1.00 bits per heavy atom. The second-order valence-corrected chi connectivity index (χ2v) is 8.83. The van der Waals surface area contributed by atoms with Gasteiger partial charge in [-0.05, 0) is 99.5 Å². The standard InChI is InChI=1S/C24H28ClFN2O/c25-20-8-4-17(5-9-20)16-18-12-14-28(15-13-18)23-3-1-2-22(23)27-24(29)19-6-10-21(26)11-7-19/h4-11,18,22-23H,1-3,12-16H2,(H,27,29)/t22-,23-/m1/s1. The van der Waals surface area contributed by atoms with E-state index in [0.29, 0.717) is 17.5 Å². The van der Waals surface area contributed by atoms with Gasteiger partial charge in [-0.3, -0.25) is 9.69 Å². The van der Waals surface area contributed by atoms with Crippen molar-refractivity contribution in [2.24, 2.45) is 5.92 Å². The molecule has 2 atom stereocenters. The first kappa shape index (κ1) is 20.4. The number of halogens is 2. The Bertz CT molecular complexity index is 816. The number of rotatable bonds is 5. The molecule has 1 aliphatic heterocycles. The molecule has 0 spiro atoms. The number of nitrogens with one attached hydrogen (secondary N) is 1. The van der Waals surface area contributed by atoms with Crippen LogP contribution in [-0.2, 0) is 6.42 Å². The molecule has 1 aliphatic carbocycles. The van der Waals surface area contributed by atoms with Crippen LogP contribution >= 0.6 is 11.6 Å². The highest BCUT2D eigenvalue weighted by Crippen LogP contribution is 2.30. The first-order chi connectivity index (χ1) is 14.1. The number of carbonyl (C=O) groups is 1. The summed E-state index contributed by atoms with van der Waals surface area (Å²) >= 11 is 5.99. The lowest BCUT2D eigenvalue weighted by atomic mass is 9.89. The molecular formula is C24H28ClFN2O. The van der Waals surface area contributed by atoms with Gasteiger partial charge in [0.1, 0.15) is 5.82 Å². The van der Waals surface area contributed by atoms with E-state index in [0.717, 1.165) is 43.8 Å². The van der Waals surface area contributed by atoms with E-state index in [1.165, 1.54) is 30.5 Å². The van der Waals surface area contributed by atoms with E-state index in [9.17, 15) is 9.18 Å². The van der Waals surface area contributed by atoms with Gasteiger partial charge in [0, 0.05) is 22.7 Å². The monoisotopic (exact) mass is 414 g/mol. The fourth-order valence-electron chi connectivity index (χ4n) is 4.84. The zero-order valence-corrected chi connectivity index (χ0v) is 17.4. The summed E-state index contributed by atoms with van der Waals surface area (Å²) in [4.78, 5) is 15.1. The highest BCUT2D eigenvalue weighted by atomic mass is 35.5. The summed E-state index contributed by atoms with van der Waals surface area (Å²) in [6, 6.07) is 14.6. The lowest BCUT2D eigenvalue weighted by Crippen LogP contribution is -2.51. The van der Waals surface area contributed by atoms with Crippen molar-refractivity contribution in [3.63, 3.8) is 0 Å². The molecule has 2 aromatic rings. The molecule has 5 heteroatoms. The van der Waals surface area contributed by atoms with Crippen molar-refractivity contribution in [3.8, 4) is 0 Å². The molecule has 4 rings (SSSR count). The maximum absolute atomic E-state index is 13.1.